The molecule has 2 rings (SSSR count). The third-order valence-electron chi connectivity index (χ3n) is 3.41. The largest absolute Gasteiger partial charge is 0.368 e. The van der Waals surface area contributed by atoms with Crippen molar-refractivity contribution in [2.24, 2.45) is 5.73 Å². The number of carbonyl (C=O) groups excluding carboxylic acids is 2. The lowest BCUT2D eigenvalue weighted by Crippen LogP contribution is -2.41. The molecule has 0 aromatic heterocycles. The van der Waals surface area contributed by atoms with Crippen LogP contribution in [0.4, 0.5) is 0 Å². The van der Waals surface area contributed by atoms with Crippen LogP contribution in [-0.2, 0) is 4.79 Å². The molecule has 0 radical (unpaired) electrons. The van der Waals surface area contributed by atoms with Gasteiger partial charge < -0.3 is 5.73 Å². The molecule has 4 heteroatoms. The average Bonchev–Trinajstić information content (AvgIpc) is 2.85. The van der Waals surface area contributed by atoms with Gasteiger partial charge in [0.2, 0.25) is 5.91 Å². The average molecular weight is 246 g/mol. The summed E-state index contributed by atoms with van der Waals surface area (Å²) in [5.41, 5.74) is 6.07. The van der Waals surface area contributed by atoms with Gasteiger partial charge in [-0.25, -0.2) is 0 Å². The highest BCUT2D eigenvalue weighted by Crippen LogP contribution is 2.17. The van der Waals surface area contributed by atoms with E-state index in [0.717, 1.165) is 24.9 Å². The van der Waals surface area contributed by atoms with Crippen LogP contribution in [0.5, 0.6) is 0 Å². The zero-order valence-corrected chi connectivity index (χ0v) is 10.3. The highest BCUT2D eigenvalue weighted by Gasteiger charge is 2.28. The first-order valence-corrected chi connectivity index (χ1v) is 6.30. The van der Waals surface area contributed by atoms with Gasteiger partial charge in [-0.1, -0.05) is 30.3 Å². The molecular formula is C14H18N2O2. The molecule has 1 fully saturated rings. The molecule has 0 saturated carbocycles. The number of likely N-dealkylation sites (tertiary alicyclic amines) is 1. The number of Topliss-reactive ketones (excluding diaryl/α,β-unsaturated/α-hetero) is 1. The Balaban J connectivity index is 1.88. The molecule has 0 spiro atoms. The van der Waals surface area contributed by atoms with Gasteiger partial charge in [-0.15, -0.1) is 0 Å². The highest BCUT2D eigenvalue weighted by atomic mass is 16.1. The SMILES string of the molecule is NC(=O)C1CCCN1CCC(=O)c1ccccc1. The monoisotopic (exact) mass is 246 g/mol. The Bertz CT molecular complexity index is 431. The summed E-state index contributed by atoms with van der Waals surface area (Å²) in [6.07, 6.45) is 2.23. The van der Waals surface area contributed by atoms with Crippen molar-refractivity contribution in [2.45, 2.75) is 25.3 Å². The number of hydrogen-bond donors (Lipinski definition) is 1. The summed E-state index contributed by atoms with van der Waals surface area (Å²) in [4.78, 5) is 25.2. The van der Waals surface area contributed by atoms with Crippen LogP contribution < -0.4 is 5.73 Å². The molecule has 1 aliphatic heterocycles. The quantitative estimate of drug-likeness (QED) is 0.794. The van der Waals surface area contributed by atoms with Gasteiger partial charge in [0, 0.05) is 18.5 Å². The van der Waals surface area contributed by atoms with Crippen molar-refractivity contribution >= 4 is 11.7 Å². The number of primary amides is 1. The van der Waals surface area contributed by atoms with Gasteiger partial charge in [0.05, 0.1) is 6.04 Å². The third-order valence-corrected chi connectivity index (χ3v) is 3.41. The molecule has 1 aromatic rings. The smallest absolute Gasteiger partial charge is 0.234 e. The van der Waals surface area contributed by atoms with E-state index in [1.807, 2.05) is 35.2 Å². The van der Waals surface area contributed by atoms with Crippen molar-refractivity contribution in [3.63, 3.8) is 0 Å². The van der Waals surface area contributed by atoms with Crippen LogP contribution in [0.2, 0.25) is 0 Å². The number of nitrogens with two attached hydrogens (primary N) is 1. The van der Waals surface area contributed by atoms with Crippen molar-refractivity contribution in [3.8, 4) is 0 Å². The second kappa shape index (κ2) is 5.78. The van der Waals surface area contributed by atoms with Crippen molar-refractivity contribution in [2.75, 3.05) is 13.1 Å². The molecule has 1 unspecified atom stereocenters. The van der Waals surface area contributed by atoms with E-state index in [0.29, 0.717) is 13.0 Å². The molecule has 1 amide bonds. The number of amides is 1. The molecule has 1 atom stereocenters. The van der Waals surface area contributed by atoms with E-state index in [4.69, 9.17) is 5.73 Å². The van der Waals surface area contributed by atoms with E-state index < -0.39 is 0 Å². The lowest BCUT2D eigenvalue weighted by atomic mass is 10.1. The summed E-state index contributed by atoms with van der Waals surface area (Å²) in [5.74, 6) is -0.162. The first-order chi connectivity index (χ1) is 8.68. The standard InChI is InChI=1S/C14H18N2O2/c15-14(18)12-7-4-9-16(12)10-8-13(17)11-5-2-1-3-6-11/h1-3,5-6,12H,4,7-10H2,(H2,15,18). The molecule has 1 aliphatic rings. The molecule has 1 aromatic carbocycles. The Morgan fingerprint density at radius 2 is 2.00 bits per heavy atom. The summed E-state index contributed by atoms with van der Waals surface area (Å²) in [6.45, 7) is 1.47. The normalized spacial score (nSPS) is 19.9. The molecular weight excluding hydrogens is 228 g/mol. The number of nitrogens with zero attached hydrogens (tertiary/aromatic N) is 1. The highest BCUT2D eigenvalue weighted by molar-refractivity contribution is 5.96. The minimum absolute atomic E-state index is 0.116. The first kappa shape index (κ1) is 12.8. The predicted molar refractivity (Wildman–Crippen MR) is 69.2 cm³/mol. The maximum absolute atomic E-state index is 11.9. The summed E-state index contributed by atoms with van der Waals surface area (Å²) < 4.78 is 0. The van der Waals surface area contributed by atoms with E-state index in [1.165, 1.54) is 0 Å². The number of ketones is 1. The van der Waals surface area contributed by atoms with Gasteiger partial charge in [-0.3, -0.25) is 14.5 Å². The van der Waals surface area contributed by atoms with Gasteiger partial charge in [-0.2, -0.15) is 0 Å². The van der Waals surface area contributed by atoms with Crippen LogP contribution in [0.3, 0.4) is 0 Å². The maximum atomic E-state index is 11.9. The van der Waals surface area contributed by atoms with Gasteiger partial charge >= 0.3 is 0 Å². The van der Waals surface area contributed by atoms with Gasteiger partial charge in [0.25, 0.3) is 0 Å². The molecule has 0 aliphatic carbocycles. The maximum Gasteiger partial charge on any atom is 0.234 e. The lowest BCUT2D eigenvalue weighted by Gasteiger charge is -2.21. The molecule has 1 heterocycles. The lowest BCUT2D eigenvalue weighted by molar-refractivity contribution is -0.122. The zero-order valence-electron chi connectivity index (χ0n) is 10.3. The summed E-state index contributed by atoms with van der Waals surface area (Å²) in [7, 11) is 0. The van der Waals surface area contributed by atoms with E-state index in [2.05, 4.69) is 0 Å². The Kier molecular flexibility index (Phi) is 4.10. The topological polar surface area (TPSA) is 63.4 Å². The molecule has 0 bridgehead atoms. The molecule has 2 N–H and O–H groups in total. The Morgan fingerprint density at radius 1 is 1.28 bits per heavy atom. The Hall–Kier alpha value is -1.68. The molecule has 1 saturated heterocycles. The first-order valence-electron chi connectivity index (χ1n) is 6.30. The number of carbonyl (C=O) groups is 2. The second-order valence-electron chi connectivity index (χ2n) is 4.64. The van der Waals surface area contributed by atoms with Crippen LogP contribution in [-0.4, -0.2) is 35.7 Å². The van der Waals surface area contributed by atoms with E-state index in [9.17, 15) is 9.59 Å². The Morgan fingerprint density at radius 3 is 2.67 bits per heavy atom. The van der Waals surface area contributed by atoms with Crippen LogP contribution in [0, 0.1) is 0 Å². The summed E-state index contributed by atoms with van der Waals surface area (Å²) >= 11 is 0. The van der Waals surface area contributed by atoms with Crippen LogP contribution >= 0.6 is 0 Å². The van der Waals surface area contributed by atoms with E-state index >= 15 is 0 Å². The summed E-state index contributed by atoms with van der Waals surface area (Å²) in [5, 5.41) is 0. The van der Waals surface area contributed by atoms with Gasteiger partial charge in [0.1, 0.15) is 0 Å². The molecule has 96 valence electrons. The second-order valence-corrected chi connectivity index (χ2v) is 4.64. The molecule has 4 nitrogen and oxygen atoms in total. The third kappa shape index (κ3) is 2.96. The fourth-order valence-corrected chi connectivity index (χ4v) is 2.43. The van der Waals surface area contributed by atoms with Crippen LogP contribution in [0.1, 0.15) is 29.6 Å². The van der Waals surface area contributed by atoms with Crippen molar-refractivity contribution in [1.82, 2.24) is 4.90 Å². The molecule has 18 heavy (non-hydrogen) atoms. The Labute approximate surface area is 107 Å². The van der Waals surface area contributed by atoms with Gasteiger partial charge in [-0.05, 0) is 19.4 Å². The number of rotatable bonds is 5. The van der Waals surface area contributed by atoms with E-state index in [-0.39, 0.29) is 17.7 Å². The van der Waals surface area contributed by atoms with E-state index in [1.54, 1.807) is 0 Å². The van der Waals surface area contributed by atoms with Crippen LogP contribution in [0.25, 0.3) is 0 Å². The summed E-state index contributed by atoms with van der Waals surface area (Å²) in [6, 6.07) is 9.05. The van der Waals surface area contributed by atoms with Crippen molar-refractivity contribution in [3.05, 3.63) is 35.9 Å². The van der Waals surface area contributed by atoms with Crippen molar-refractivity contribution < 1.29 is 9.59 Å². The number of hydrogen-bond acceptors (Lipinski definition) is 3. The number of benzene rings is 1. The van der Waals surface area contributed by atoms with Gasteiger partial charge in [0.15, 0.2) is 5.78 Å². The zero-order chi connectivity index (χ0) is 13.0. The fraction of sp³-hybridized carbons (Fsp3) is 0.429. The fourth-order valence-electron chi connectivity index (χ4n) is 2.43. The predicted octanol–water partition coefficient (Wildman–Crippen LogP) is 1.21. The van der Waals surface area contributed by atoms with Crippen LogP contribution in [0.15, 0.2) is 30.3 Å². The minimum atomic E-state index is -0.278. The van der Waals surface area contributed by atoms with Crippen molar-refractivity contribution in [1.29, 1.82) is 0 Å². The minimum Gasteiger partial charge on any atom is -0.368 e.